The average Bonchev–Trinajstić information content (AvgIpc) is 2.41. The van der Waals surface area contributed by atoms with Gasteiger partial charge in [-0.15, -0.1) is 5.73 Å². The van der Waals surface area contributed by atoms with Gasteiger partial charge in [0.1, 0.15) is 5.60 Å². The molecule has 1 N–H and O–H groups in total. The van der Waals surface area contributed by atoms with Crippen LogP contribution in [0.5, 0.6) is 0 Å². The zero-order valence-electron chi connectivity index (χ0n) is 10.7. The van der Waals surface area contributed by atoms with Gasteiger partial charge in [0.2, 0.25) is 0 Å². The van der Waals surface area contributed by atoms with Crippen molar-refractivity contribution in [3.05, 3.63) is 53.2 Å². The molecule has 2 atom stereocenters. The molecule has 3 heteroatoms. The highest BCUT2D eigenvalue weighted by Gasteiger charge is 2.44. The van der Waals surface area contributed by atoms with Crippen LogP contribution in [-0.2, 0) is 4.79 Å². The summed E-state index contributed by atoms with van der Waals surface area (Å²) >= 11 is 5.87. The standard InChI is InChI=1S/C16H17ClO2/c1-2-5-14(12-7-9-13(17)10-8-12)16(19)11-4-3-6-15(16)18/h5,7-10,14,19H,1,3-4,6,11H2/t14-,16-/m1/s1. The Morgan fingerprint density at radius 1 is 1.37 bits per heavy atom. The van der Waals surface area contributed by atoms with Crippen LogP contribution in [0.3, 0.4) is 0 Å². The lowest BCUT2D eigenvalue weighted by molar-refractivity contribution is -0.142. The molecular formula is C16H17ClO2. The molecule has 1 aliphatic carbocycles. The normalized spacial score (nSPS) is 24.6. The van der Waals surface area contributed by atoms with E-state index in [0.29, 0.717) is 17.9 Å². The van der Waals surface area contributed by atoms with E-state index in [9.17, 15) is 9.90 Å². The van der Waals surface area contributed by atoms with Gasteiger partial charge in [0, 0.05) is 17.4 Å². The number of hydrogen-bond donors (Lipinski definition) is 1. The summed E-state index contributed by atoms with van der Waals surface area (Å²) in [6, 6.07) is 7.19. The van der Waals surface area contributed by atoms with Gasteiger partial charge in [0.25, 0.3) is 0 Å². The zero-order chi connectivity index (χ0) is 13.9. The molecule has 1 aromatic carbocycles. The molecule has 0 unspecified atom stereocenters. The van der Waals surface area contributed by atoms with Crippen molar-refractivity contribution in [3.63, 3.8) is 0 Å². The van der Waals surface area contributed by atoms with Gasteiger partial charge in [0.15, 0.2) is 5.78 Å². The molecule has 100 valence electrons. The quantitative estimate of drug-likeness (QED) is 0.856. The van der Waals surface area contributed by atoms with Crippen molar-refractivity contribution in [3.8, 4) is 0 Å². The SMILES string of the molecule is C=C=C[C@H](c1ccc(Cl)cc1)[C@]1(O)CCCCC1=O. The minimum atomic E-state index is -1.34. The molecule has 0 aliphatic heterocycles. The maximum absolute atomic E-state index is 12.1. The smallest absolute Gasteiger partial charge is 0.165 e. The highest BCUT2D eigenvalue weighted by atomic mass is 35.5. The van der Waals surface area contributed by atoms with E-state index in [4.69, 9.17) is 11.6 Å². The lowest BCUT2D eigenvalue weighted by Crippen LogP contribution is -2.46. The Bertz CT molecular complexity index is 514. The molecule has 0 heterocycles. The largest absolute Gasteiger partial charge is 0.381 e. The second-order valence-electron chi connectivity index (χ2n) is 4.95. The van der Waals surface area contributed by atoms with Gasteiger partial charge in [0.05, 0.1) is 0 Å². The predicted molar refractivity (Wildman–Crippen MR) is 76.3 cm³/mol. The summed E-state index contributed by atoms with van der Waals surface area (Å²) in [5, 5.41) is 11.4. The Morgan fingerprint density at radius 2 is 2.05 bits per heavy atom. The lowest BCUT2D eigenvalue weighted by Gasteiger charge is -2.36. The topological polar surface area (TPSA) is 37.3 Å². The molecule has 0 bridgehead atoms. The van der Waals surface area contributed by atoms with Crippen LogP contribution in [0.15, 0.2) is 42.7 Å². The summed E-state index contributed by atoms with van der Waals surface area (Å²) in [6.07, 6.45) is 4.30. The van der Waals surface area contributed by atoms with E-state index in [1.807, 2.05) is 12.1 Å². The molecule has 0 spiro atoms. The molecule has 0 saturated heterocycles. The first-order valence-corrected chi connectivity index (χ1v) is 6.83. The molecule has 2 rings (SSSR count). The summed E-state index contributed by atoms with van der Waals surface area (Å²) in [4.78, 5) is 12.1. The zero-order valence-corrected chi connectivity index (χ0v) is 11.5. The van der Waals surface area contributed by atoms with E-state index in [-0.39, 0.29) is 5.78 Å². The number of ketones is 1. The Kier molecular flexibility index (Phi) is 4.26. The summed E-state index contributed by atoms with van der Waals surface area (Å²) < 4.78 is 0. The molecule has 19 heavy (non-hydrogen) atoms. The number of benzene rings is 1. The summed E-state index contributed by atoms with van der Waals surface area (Å²) in [6.45, 7) is 3.57. The van der Waals surface area contributed by atoms with E-state index in [0.717, 1.165) is 18.4 Å². The van der Waals surface area contributed by atoms with E-state index in [1.165, 1.54) is 0 Å². The van der Waals surface area contributed by atoms with E-state index in [2.05, 4.69) is 12.3 Å². The van der Waals surface area contributed by atoms with Crippen molar-refractivity contribution in [2.45, 2.75) is 37.2 Å². The molecular weight excluding hydrogens is 260 g/mol. The van der Waals surface area contributed by atoms with Crippen LogP contribution in [0.4, 0.5) is 0 Å². The number of rotatable bonds is 3. The molecule has 2 nitrogen and oxygen atoms in total. The average molecular weight is 277 g/mol. The van der Waals surface area contributed by atoms with Gasteiger partial charge in [-0.05, 0) is 43.0 Å². The van der Waals surface area contributed by atoms with Crippen molar-refractivity contribution in [1.82, 2.24) is 0 Å². The van der Waals surface area contributed by atoms with Gasteiger partial charge < -0.3 is 5.11 Å². The second-order valence-corrected chi connectivity index (χ2v) is 5.39. The van der Waals surface area contributed by atoms with Crippen LogP contribution >= 0.6 is 11.6 Å². The van der Waals surface area contributed by atoms with Crippen LogP contribution < -0.4 is 0 Å². The Morgan fingerprint density at radius 3 is 2.63 bits per heavy atom. The van der Waals surface area contributed by atoms with E-state index in [1.54, 1.807) is 18.2 Å². The summed E-state index contributed by atoms with van der Waals surface area (Å²) in [5.74, 6) is -0.500. The number of carbonyl (C=O) groups excluding carboxylic acids is 1. The van der Waals surface area contributed by atoms with Gasteiger partial charge in [-0.1, -0.05) is 30.3 Å². The third-order valence-corrected chi connectivity index (χ3v) is 3.97. The van der Waals surface area contributed by atoms with E-state index >= 15 is 0 Å². The van der Waals surface area contributed by atoms with Crippen molar-refractivity contribution in [2.75, 3.05) is 0 Å². The minimum absolute atomic E-state index is 0.0924. The fourth-order valence-corrected chi connectivity index (χ4v) is 2.79. The predicted octanol–water partition coefficient (Wildman–Crippen LogP) is 3.64. The molecule has 1 saturated carbocycles. The molecule has 0 aromatic heterocycles. The first-order valence-electron chi connectivity index (χ1n) is 6.45. The van der Waals surface area contributed by atoms with E-state index < -0.39 is 11.5 Å². The number of Topliss-reactive ketones (excluding diaryl/α,β-unsaturated/α-hetero) is 1. The third-order valence-electron chi connectivity index (χ3n) is 3.72. The first kappa shape index (κ1) is 14.1. The lowest BCUT2D eigenvalue weighted by atomic mass is 9.72. The molecule has 0 amide bonds. The van der Waals surface area contributed by atoms with Crippen LogP contribution in [0.1, 0.15) is 37.2 Å². The van der Waals surface area contributed by atoms with Gasteiger partial charge in [-0.2, -0.15) is 0 Å². The molecule has 1 fully saturated rings. The fourth-order valence-electron chi connectivity index (χ4n) is 2.66. The summed E-state index contributed by atoms with van der Waals surface area (Å²) in [7, 11) is 0. The number of aliphatic hydroxyl groups is 1. The Balaban J connectivity index is 2.42. The van der Waals surface area contributed by atoms with Crippen LogP contribution in [0.25, 0.3) is 0 Å². The number of carbonyl (C=O) groups is 1. The van der Waals surface area contributed by atoms with Gasteiger partial charge in [-0.25, -0.2) is 0 Å². The second kappa shape index (κ2) is 5.75. The monoisotopic (exact) mass is 276 g/mol. The summed E-state index contributed by atoms with van der Waals surface area (Å²) in [5.41, 5.74) is 2.23. The molecule has 1 aromatic rings. The highest BCUT2D eigenvalue weighted by molar-refractivity contribution is 6.30. The third kappa shape index (κ3) is 2.82. The minimum Gasteiger partial charge on any atom is -0.381 e. The Hall–Kier alpha value is -1.34. The maximum atomic E-state index is 12.1. The molecule has 1 aliphatic rings. The fraction of sp³-hybridized carbons (Fsp3) is 0.375. The van der Waals surface area contributed by atoms with Crippen molar-refractivity contribution in [1.29, 1.82) is 0 Å². The number of hydrogen-bond acceptors (Lipinski definition) is 2. The Labute approximate surface area is 118 Å². The first-order chi connectivity index (χ1) is 9.08. The van der Waals surface area contributed by atoms with Crippen molar-refractivity contribution in [2.24, 2.45) is 0 Å². The van der Waals surface area contributed by atoms with Crippen LogP contribution in [0, 0.1) is 0 Å². The number of halogens is 1. The van der Waals surface area contributed by atoms with Crippen LogP contribution in [-0.4, -0.2) is 16.5 Å². The van der Waals surface area contributed by atoms with Gasteiger partial charge in [-0.3, -0.25) is 4.79 Å². The maximum Gasteiger partial charge on any atom is 0.165 e. The van der Waals surface area contributed by atoms with Crippen molar-refractivity contribution < 1.29 is 9.90 Å². The van der Waals surface area contributed by atoms with Gasteiger partial charge >= 0.3 is 0 Å². The van der Waals surface area contributed by atoms with Crippen LogP contribution in [0.2, 0.25) is 5.02 Å². The highest BCUT2D eigenvalue weighted by Crippen LogP contribution is 2.38. The molecule has 0 radical (unpaired) electrons. The van der Waals surface area contributed by atoms with Crippen molar-refractivity contribution >= 4 is 17.4 Å².